The molecule has 2 aliphatic rings. The van der Waals surface area contributed by atoms with Crippen molar-refractivity contribution in [3.05, 3.63) is 23.8 Å². The minimum absolute atomic E-state index is 0.132. The molecule has 0 aliphatic carbocycles. The van der Waals surface area contributed by atoms with Crippen molar-refractivity contribution < 1.29 is 28.6 Å². The van der Waals surface area contributed by atoms with E-state index in [1.165, 1.54) is 0 Å². The Bertz CT molecular complexity index is 730. The molecule has 0 aromatic heterocycles. The van der Waals surface area contributed by atoms with Crippen LogP contribution < -0.4 is 14.8 Å². The molecule has 1 fully saturated rings. The summed E-state index contributed by atoms with van der Waals surface area (Å²) < 4.78 is 15.4. The second-order valence-corrected chi connectivity index (χ2v) is 6.27. The third kappa shape index (κ3) is 4.24. The minimum atomic E-state index is -0.683. The van der Waals surface area contributed by atoms with E-state index in [-0.39, 0.29) is 24.7 Å². The van der Waals surface area contributed by atoms with E-state index < -0.39 is 6.04 Å². The topological polar surface area (TPSA) is 97.4 Å². The van der Waals surface area contributed by atoms with Crippen molar-refractivity contribution in [1.29, 1.82) is 0 Å². The second kappa shape index (κ2) is 8.15. The van der Waals surface area contributed by atoms with E-state index in [1.807, 2.05) is 0 Å². The van der Waals surface area contributed by atoms with E-state index in [0.717, 1.165) is 0 Å². The molecule has 1 aromatic rings. The van der Waals surface area contributed by atoms with Crippen LogP contribution in [0.15, 0.2) is 18.2 Å². The van der Waals surface area contributed by atoms with Gasteiger partial charge in [-0.25, -0.2) is 4.79 Å². The van der Waals surface area contributed by atoms with Crippen molar-refractivity contribution in [1.82, 2.24) is 15.1 Å². The number of ether oxygens (including phenoxy) is 3. The fourth-order valence-corrected chi connectivity index (χ4v) is 2.98. The van der Waals surface area contributed by atoms with E-state index in [0.29, 0.717) is 49.8 Å². The average molecular weight is 377 g/mol. The van der Waals surface area contributed by atoms with Crippen molar-refractivity contribution in [3.8, 4) is 11.5 Å². The van der Waals surface area contributed by atoms with Crippen LogP contribution in [0.4, 0.5) is 4.79 Å². The maximum atomic E-state index is 12.6. The third-order valence-electron chi connectivity index (χ3n) is 4.47. The van der Waals surface area contributed by atoms with Crippen molar-refractivity contribution in [2.24, 2.45) is 0 Å². The highest BCUT2D eigenvalue weighted by Crippen LogP contribution is 2.32. The fraction of sp³-hybridized carbons (Fsp3) is 0.500. The van der Waals surface area contributed by atoms with Gasteiger partial charge in [0.05, 0.1) is 6.61 Å². The van der Waals surface area contributed by atoms with E-state index in [4.69, 9.17) is 14.2 Å². The first-order valence-electron chi connectivity index (χ1n) is 8.90. The smallest absolute Gasteiger partial charge is 0.409 e. The Labute approximate surface area is 157 Å². The van der Waals surface area contributed by atoms with Gasteiger partial charge in [-0.1, -0.05) is 0 Å². The maximum Gasteiger partial charge on any atom is 0.409 e. The van der Waals surface area contributed by atoms with Crippen LogP contribution in [0.2, 0.25) is 0 Å². The molecule has 1 saturated heterocycles. The molecule has 2 heterocycles. The van der Waals surface area contributed by atoms with Gasteiger partial charge in [-0.15, -0.1) is 0 Å². The van der Waals surface area contributed by atoms with E-state index in [9.17, 15) is 14.4 Å². The maximum absolute atomic E-state index is 12.6. The molecule has 146 valence electrons. The number of hydrogen-bond acceptors (Lipinski definition) is 6. The monoisotopic (exact) mass is 377 g/mol. The SMILES string of the molecule is CCOC(=O)N1CCN(C(=O)[C@@H](C)NC(=O)c2ccc3c(c2)OCO3)CC1. The predicted molar refractivity (Wildman–Crippen MR) is 94.7 cm³/mol. The number of rotatable bonds is 4. The lowest BCUT2D eigenvalue weighted by molar-refractivity contribution is -0.134. The molecule has 0 spiro atoms. The summed E-state index contributed by atoms with van der Waals surface area (Å²) in [7, 11) is 0. The molecule has 1 N–H and O–H groups in total. The van der Waals surface area contributed by atoms with E-state index in [2.05, 4.69) is 5.32 Å². The molecule has 3 amide bonds. The molecule has 0 radical (unpaired) electrons. The normalized spacial score (nSPS) is 16.7. The number of carbonyl (C=O) groups is 3. The molecule has 1 atom stereocenters. The van der Waals surface area contributed by atoms with E-state index >= 15 is 0 Å². The van der Waals surface area contributed by atoms with Crippen LogP contribution in [0.1, 0.15) is 24.2 Å². The number of benzene rings is 1. The van der Waals surface area contributed by atoms with Crippen molar-refractivity contribution in [2.75, 3.05) is 39.6 Å². The molecule has 0 bridgehead atoms. The zero-order chi connectivity index (χ0) is 19.4. The number of hydrogen-bond donors (Lipinski definition) is 1. The average Bonchev–Trinajstić information content (AvgIpc) is 3.15. The minimum Gasteiger partial charge on any atom is -0.454 e. The Hall–Kier alpha value is -2.97. The summed E-state index contributed by atoms with van der Waals surface area (Å²) in [5.74, 6) is 0.554. The Morgan fingerprint density at radius 1 is 1.11 bits per heavy atom. The number of nitrogens with zero attached hydrogens (tertiary/aromatic N) is 2. The van der Waals surface area contributed by atoms with Gasteiger partial charge in [-0.3, -0.25) is 9.59 Å². The second-order valence-electron chi connectivity index (χ2n) is 6.27. The summed E-state index contributed by atoms with van der Waals surface area (Å²) in [6.07, 6.45) is -0.367. The van der Waals surface area contributed by atoms with Gasteiger partial charge in [0.25, 0.3) is 5.91 Å². The predicted octanol–water partition coefficient (Wildman–Crippen LogP) is 0.834. The number of fused-ring (bicyclic) bond motifs is 1. The van der Waals surface area contributed by atoms with Gasteiger partial charge in [-0.2, -0.15) is 0 Å². The van der Waals surface area contributed by atoms with Gasteiger partial charge >= 0.3 is 6.09 Å². The van der Waals surface area contributed by atoms with Crippen LogP contribution >= 0.6 is 0 Å². The van der Waals surface area contributed by atoms with Gasteiger partial charge < -0.3 is 29.3 Å². The van der Waals surface area contributed by atoms with Crippen LogP contribution in [0.5, 0.6) is 11.5 Å². The van der Waals surface area contributed by atoms with Crippen molar-refractivity contribution in [2.45, 2.75) is 19.9 Å². The number of nitrogens with one attached hydrogen (secondary N) is 1. The van der Waals surface area contributed by atoms with Gasteiger partial charge in [0.1, 0.15) is 6.04 Å². The van der Waals surface area contributed by atoms with Crippen LogP contribution in [0.25, 0.3) is 0 Å². The standard InChI is InChI=1S/C18H23N3O6/c1-3-25-18(24)21-8-6-20(7-9-21)17(23)12(2)19-16(22)13-4-5-14-15(10-13)27-11-26-14/h4-5,10,12H,3,6-9,11H2,1-2H3,(H,19,22)/t12-/m1/s1. The Kier molecular flexibility index (Phi) is 5.68. The summed E-state index contributed by atoms with van der Waals surface area (Å²) in [6, 6.07) is 4.20. The quantitative estimate of drug-likeness (QED) is 0.835. The number of carbonyl (C=O) groups excluding carboxylic acids is 3. The molecular weight excluding hydrogens is 354 g/mol. The molecule has 0 unspecified atom stereocenters. The summed E-state index contributed by atoms with van der Waals surface area (Å²) in [4.78, 5) is 39.9. The summed E-state index contributed by atoms with van der Waals surface area (Å²) >= 11 is 0. The van der Waals surface area contributed by atoms with Gasteiger partial charge in [0, 0.05) is 31.7 Å². The molecule has 3 rings (SSSR count). The van der Waals surface area contributed by atoms with Gasteiger partial charge in [0.2, 0.25) is 12.7 Å². The first kappa shape index (κ1) is 18.8. The Balaban J connectivity index is 1.52. The van der Waals surface area contributed by atoms with Crippen LogP contribution in [-0.2, 0) is 9.53 Å². The number of amides is 3. The molecular formula is C18H23N3O6. The summed E-state index contributed by atoms with van der Waals surface area (Å²) in [5.41, 5.74) is 0.394. The fourth-order valence-electron chi connectivity index (χ4n) is 2.98. The first-order chi connectivity index (χ1) is 13.0. The first-order valence-corrected chi connectivity index (χ1v) is 8.90. The zero-order valence-electron chi connectivity index (χ0n) is 15.4. The lowest BCUT2D eigenvalue weighted by atomic mass is 10.1. The molecule has 9 heteroatoms. The van der Waals surface area contributed by atoms with Gasteiger partial charge in [0.15, 0.2) is 11.5 Å². The summed E-state index contributed by atoms with van der Waals surface area (Å²) in [5, 5.41) is 2.71. The third-order valence-corrected chi connectivity index (χ3v) is 4.47. The highest BCUT2D eigenvalue weighted by molar-refractivity contribution is 5.98. The lowest BCUT2D eigenvalue weighted by Crippen LogP contribution is -2.55. The zero-order valence-corrected chi connectivity index (χ0v) is 15.4. The highest BCUT2D eigenvalue weighted by atomic mass is 16.7. The molecule has 1 aromatic carbocycles. The lowest BCUT2D eigenvalue weighted by Gasteiger charge is -2.35. The van der Waals surface area contributed by atoms with E-state index in [1.54, 1.807) is 41.8 Å². The van der Waals surface area contributed by atoms with Crippen LogP contribution in [0.3, 0.4) is 0 Å². The Morgan fingerprint density at radius 3 is 2.48 bits per heavy atom. The Morgan fingerprint density at radius 2 is 1.78 bits per heavy atom. The van der Waals surface area contributed by atoms with Crippen LogP contribution in [-0.4, -0.2) is 73.3 Å². The molecule has 9 nitrogen and oxygen atoms in total. The number of piperazine rings is 1. The van der Waals surface area contributed by atoms with Crippen molar-refractivity contribution in [3.63, 3.8) is 0 Å². The van der Waals surface area contributed by atoms with Gasteiger partial charge in [-0.05, 0) is 32.0 Å². The molecule has 0 saturated carbocycles. The summed E-state index contributed by atoms with van der Waals surface area (Å²) in [6.45, 7) is 5.48. The molecule has 2 aliphatic heterocycles. The highest BCUT2D eigenvalue weighted by Gasteiger charge is 2.28. The van der Waals surface area contributed by atoms with Crippen molar-refractivity contribution >= 4 is 17.9 Å². The van der Waals surface area contributed by atoms with Crippen LogP contribution in [0, 0.1) is 0 Å². The molecule has 27 heavy (non-hydrogen) atoms. The largest absolute Gasteiger partial charge is 0.454 e.